The molecule has 0 N–H and O–H groups in total. The maximum atomic E-state index is 8.12. The molecule has 21 heavy (non-hydrogen) atoms. The molecule has 4 heterocycles. The van der Waals surface area contributed by atoms with Crippen LogP contribution >= 0.6 is 0 Å². The van der Waals surface area contributed by atoms with Gasteiger partial charge in [0, 0.05) is 18.0 Å². The van der Waals surface area contributed by atoms with Gasteiger partial charge >= 0.3 is 0 Å². The molecule has 0 saturated carbocycles. The molecule has 0 aliphatic carbocycles. The molecule has 1 aliphatic heterocycles. The minimum atomic E-state index is -2.26. The monoisotopic (exact) mass is 278 g/mol. The molecule has 0 amide bonds. The summed E-state index contributed by atoms with van der Waals surface area (Å²) in [5.74, 6) is 0.712. The molecule has 0 fully saturated rings. The Hall–Kier alpha value is -2.62. The van der Waals surface area contributed by atoms with Crippen LogP contribution in [0.15, 0.2) is 42.7 Å². The van der Waals surface area contributed by atoms with E-state index in [1.54, 1.807) is 12.4 Å². The van der Waals surface area contributed by atoms with Crippen molar-refractivity contribution >= 4 is 22.1 Å². The summed E-state index contributed by atoms with van der Waals surface area (Å²) in [6.45, 7) is -1.60. The Morgan fingerprint density at radius 1 is 1.24 bits per heavy atom. The summed E-state index contributed by atoms with van der Waals surface area (Å²) in [6, 6.07) is 9.89. The summed E-state index contributed by atoms with van der Waals surface area (Å²) in [7, 11) is 1.99. The van der Waals surface area contributed by atoms with Crippen LogP contribution in [-0.4, -0.2) is 14.1 Å². The van der Waals surface area contributed by atoms with Crippen LogP contribution in [0.5, 0.6) is 0 Å². The molecule has 0 radical (unpaired) electrons. The number of aryl methyl sites for hydroxylation is 2. The van der Waals surface area contributed by atoms with Crippen molar-refractivity contribution in [1.82, 2.24) is 14.1 Å². The second-order valence-corrected chi connectivity index (χ2v) is 5.53. The van der Waals surface area contributed by atoms with Gasteiger partial charge in [0.05, 0.1) is 35.6 Å². The molecule has 3 aromatic heterocycles. The molecule has 5 rings (SSSR count). The summed E-state index contributed by atoms with van der Waals surface area (Å²) in [5.41, 5.74) is 4.72. The van der Waals surface area contributed by atoms with E-state index in [0.29, 0.717) is 12.4 Å². The molecule has 0 saturated heterocycles. The minimum Gasteiger partial charge on any atom is -0.264 e. The van der Waals surface area contributed by atoms with E-state index in [1.807, 2.05) is 37.4 Å². The molecule has 4 aromatic rings. The fourth-order valence-corrected chi connectivity index (χ4v) is 3.56. The predicted octanol–water partition coefficient (Wildman–Crippen LogP) is 2.38. The summed E-state index contributed by atoms with van der Waals surface area (Å²) < 4.78 is 30.0. The van der Waals surface area contributed by atoms with Gasteiger partial charge in [-0.2, -0.15) is 0 Å². The van der Waals surface area contributed by atoms with Crippen LogP contribution in [0, 0.1) is 0 Å². The van der Waals surface area contributed by atoms with Gasteiger partial charge in [-0.25, -0.2) is 4.57 Å². The van der Waals surface area contributed by atoms with Gasteiger partial charge < -0.3 is 0 Å². The molecule has 4 nitrogen and oxygen atoms in total. The number of aromatic nitrogens is 4. The zero-order chi connectivity index (χ0) is 16.6. The maximum Gasteiger partial charge on any atom is 0.269 e. The average molecular weight is 278 g/mol. The lowest BCUT2D eigenvalue weighted by Gasteiger charge is -1.97. The molecule has 1 aromatic carbocycles. The number of nitrogens with zero attached hydrogens (tertiary/aromatic N) is 4. The average Bonchev–Trinajstić information content (AvgIpc) is 3.15. The van der Waals surface area contributed by atoms with E-state index in [2.05, 4.69) is 14.1 Å². The van der Waals surface area contributed by atoms with Crippen LogP contribution in [0.3, 0.4) is 0 Å². The lowest BCUT2D eigenvalue weighted by Crippen LogP contribution is -2.33. The van der Waals surface area contributed by atoms with Crippen molar-refractivity contribution in [2.24, 2.45) is 14.0 Å². The van der Waals surface area contributed by atoms with Gasteiger partial charge in [0.15, 0.2) is 5.52 Å². The maximum absolute atomic E-state index is 8.12. The first-order chi connectivity index (χ1) is 11.5. The topological polar surface area (TPSA) is 26.6 Å². The van der Waals surface area contributed by atoms with Crippen molar-refractivity contribution in [3.05, 3.63) is 48.3 Å². The zero-order valence-corrected chi connectivity index (χ0v) is 11.5. The number of hydrogen-bond donors (Lipinski definition) is 0. The van der Waals surface area contributed by atoms with Crippen LogP contribution in [0.1, 0.15) is 9.68 Å². The first-order valence-corrected chi connectivity index (χ1v) is 6.94. The van der Waals surface area contributed by atoms with Crippen molar-refractivity contribution < 1.29 is 8.68 Å². The number of pyridine rings is 1. The number of fused-ring (bicyclic) bond motifs is 7. The smallest absolute Gasteiger partial charge is 0.264 e. The number of para-hydroxylation sites is 1. The third kappa shape index (κ3) is 1.17. The first-order valence-electron chi connectivity index (χ1n) is 8.44. The van der Waals surface area contributed by atoms with Crippen LogP contribution < -0.4 is 4.57 Å². The minimum absolute atomic E-state index is 0.664. The van der Waals surface area contributed by atoms with Gasteiger partial charge in [-0.1, -0.05) is 12.1 Å². The van der Waals surface area contributed by atoms with Gasteiger partial charge in [0.25, 0.3) is 5.65 Å². The zero-order valence-electron chi connectivity index (χ0n) is 14.5. The lowest BCUT2D eigenvalue weighted by molar-refractivity contribution is -0.648. The standard InChI is InChI=1S/C17H15N4/c1-19-14-6-4-3-5-12(14)15-17(19)21-10-11-7-8-18-9-13(11)16(21)20(15)2/h3-9H,10H2,1-2H3/q+1/i2D3. The number of benzene rings is 1. The third-order valence-electron chi connectivity index (χ3n) is 4.48. The number of hydrogen-bond acceptors (Lipinski definition) is 1. The molecule has 0 atom stereocenters. The van der Waals surface area contributed by atoms with Crippen molar-refractivity contribution in [1.29, 1.82) is 0 Å². The quantitative estimate of drug-likeness (QED) is 0.399. The van der Waals surface area contributed by atoms with Gasteiger partial charge in [0.1, 0.15) is 5.52 Å². The second kappa shape index (κ2) is 3.52. The predicted molar refractivity (Wildman–Crippen MR) is 81.9 cm³/mol. The van der Waals surface area contributed by atoms with E-state index in [1.165, 1.54) is 4.57 Å². The van der Waals surface area contributed by atoms with Crippen molar-refractivity contribution in [3.63, 3.8) is 0 Å². The molecule has 4 heteroatoms. The summed E-state index contributed by atoms with van der Waals surface area (Å²) in [5, 5.41) is 0.957. The Bertz CT molecular complexity index is 1130. The van der Waals surface area contributed by atoms with Gasteiger partial charge in [-0.15, -0.1) is 0 Å². The largest absolute Gasteiger partial charge is 0.269 e. The first kappa shape index (κ1) is 8.62. The molecular formula is C17H15N4+. The van der Waals surface area contributed by atoms with Crippen LogP contribution in [-0.2, 0) is 20.6 Å². The molecule has 0 bridgehead atoms. The van der Waals surface area contributed by atoms with E-state index in [9.17, 15) is 0 Å². The highest BCUT2D eigenvalue weighted by Crippen LogP contribution is 2.34. The SMILES string of the molecule is [2H]C([2H])([2H])n1c2[n+](c3c1c1ccccc1n3C)Cc1ccncc1-2. The highest BCUT2D eigenvalue weighted by molar-refractivity contribution is 6.04. The molecule has 0 unspecified atom stereocenters. The van der Waals surface area contributed by atoms with E-state index in [4.69, 9.17) is 4.11 Å². The Labute approximate surface area is 126 Å². The summed E-state index contributed by atoms with van der Waals surface area (Å²) >= 11 is 0. The molecular weight excluding hydrogens is 260 g/mol. The van der Waals surface area contributed by atoms with Gasteiger partial charge in [-0.3, -0.25) is 14.1 Å². The van der Waals surface area contributed by atoms with Gasteiger partial charge in [0.2, 0.25) is 5.82 Å². The Kier molecular flexibility index (Phi) is 1.45. The number of rotatable bonds is 0. The van der Waals surface area contributed by atoms with Gasteiger partial charge in [-0.05, 0) is 18.2 Å². The molecule has 1 aliphatic rings. The third-order valence-corrected chi connectivity index (χ3v) is 4.48. The Morgan fingerprint density at radius 2 is 2.14 bits per heavy atom. The molecule has 0 spiro atoms. The highest BCUT2D eigenvalue weighted by Gasteiger charge is 2.34. The van der Waals surface area contributed by atoms with Crippen LogP contribution in [0.25, 0.3) is 33.5 Å². The second-order valence-electron chi connectivity index (χ2n) is 5.53. The van der Waals surface area contributed by atoms with Crippen LogP contribution in [0.2, 0.25) is 0 Å². The Balaban J connectivity index is 2.05. The fourth-order valence-electron chi connectivity index (χ4n) is 3.56. The summed E-state index contributed by atoms with van der Waals surface area (Å²) in [4.78, 5) is 4.20. The normalized spacial score (nSPS) is 15.8. The highest BCUT2D eigenvalue weighted by atomic mass is 15.2. The van der Waals surface area contributed by atoms with Crippen molar-refractivity contribution in [2.75, 3.05) is 0 Å². The number of imidazole rings is 1. The fraction of sp³-hybridized carbons (Fsp3) is 0.176. The van der Waals surface area contributed by atoms with Crippen molar-refractivity contribution in [2.45, 2.75) is 6.54 Å². The van der Waals surface area contributed by atoms with E-state index >= 15 is 0 Å². The summed E-state index contributed by atoms with van der Waals surface area (Å²) in [6.07, 6.45) is 3.51. The Morgan fingerprint density at radius 3 is 3.05 bits per heavy atom. The molecule has 102 valence electrons. The van der Waals surface area contributed by atoms with Crippen LogP contribution in [0.4, 0.5) is 0 Å². The van der Waals surface area contributed by atoms with E-state index in [0.717, 1.165) is 33.2 Å². The lowest BCUT2D eigenvalue weighted by atomic mass is 10.2. The van der Waals surface area contributed by atoms with E-state index in [-0.39, 0.29) is 0 Å². The van der Waals surface area contributed by atoms with Crippen molar-refractivity contribution in [3.8, 4) is 11.4 Å². The van der Waals surface area contributed by atoms with E-state index < -0.39 is 6.98 Å².